The summed E-state index contributed by atoms with van der Waals surface area (Å²) in [5.41, 5.74) is 11.2. The lowest BCUT2D eigenvalue weighted by Crippen LogP contribution is -2.20. The molecule has 2 aromatic carbocycles. The minimum absolute atomic E-state index is 0.0342. The van der Waals surface area contributed by atoms with Crippen LogP contribution in [0.15, 0.2) is 24.3 Å². The molecule has 0 saturated carbocycles. The van der Waals surface area contributed by atoms with Gasteiger partial charge in [-0.05, 0) is 86.1 Å². The number of hydrogen-bond donors (Lipinski definition) is 0. The Morgan fingerprint density at radius 1 is 0.524 bits per heavy atom. The molecule has 112 valence electrons. The van der Waals surface area contributed by atoms with E-state index in [2.05, 4.69) is 79.7 Å². The summed E-state index contributed by atoms with van der Waals surface area (Å²) in [4.78, 5) is 0. The highest BCUT2D eigenvalue weighted by molar-refractivity contribution is 5.48. The summed E-state index contributed by atoms with van der Waals surface area (Å²) in [5, 5.41) is 0. The lowest BCUT2D eigenvalue weighted by Gasteiger charge is -2.29. The number of hydrogen-bond acceptors (Lipinski definition) is 0. The van der Waals surface area contributed by atoms with E-state index in [1.165, 1.54) is 44.5 Å². The fraction of sp³-hybridized carbons (Fsp3) is 0.429. The lowest BCUT2D eigenvalue weighted by atomic mass is 9.75. The first-order valence-electron chi connectivity index (χ1n) is 7.81. The topological polar surface area (TPSA) is 0 Å². The van der Waals surface area contributed by atoms with Crippen LogP contribution in [0.2, 0.25) is 0 Å². The van der Waals surface area contributed by atoms with Gasteiger partial charge in [-0.1, -0.05) is 38.1 Å². The zero-order chi connectivity index (χ0) is 15.9. The quantitative estimate of drug-likeness (QED) is 0.646. The first-order chi connectivity index (χ1) is 9.64. The van der Waals surface area contributed by atoms with Crippen molar-refractivity contribution in [2.45, 2.75) is 60.8 Å². The van der Waals surface area contributed by atoms with Gasteiger partial charge in [-0.2, -0.15) is 0 Å². The Hall–Kier alpha value is -1.56. The van der Waals surface area contributed by atoms with Crippen LogP contribution in [0.3, 0.4) is 0 Å². The molecule has 0 atom stereocenters. The van der Waals surface area contributed by atoms with Crippen molar-refractivity contribution in [3.63, 3.8) is 0 Å². The van der Waals surface area contributed by atoms with Crippen LogP contribution < -0.4 is 0 Å². The third-order valence-electron chi connectivity index (χ3n) is 5.30. The molecule has 0 fully saturated rings. The van der Waals surface area contributed by atoms with Crippen LogP contribution in [-0.4, -0.2) is 0 Å². The maximum atomic E-state index is 2.35. The zero-order valence-corrected chi connectivity index (χ0v) is 14.8. The van der Waals surface area contributed by atoms with E-state index in [9.17, 15) is 0 Å². The summed E-state index contributed by atoms with van der Waals surface area (Å²) in [6, 6.07) is 9.42. The van der Waals surface area contributed by atoms with Gasteiger partial charge in [-0.25, -0.2) is 0 Å². The van der Waals surface area contributed by atoms with Crippen LogP contribution in [0.5, 0.6) is 0 Å². The van der Waals surface area contributed by atoms with E-state index < -0.39 is 0 Å². The van der Waals surface area contributed by atoms with Gasteiger partial charge in [0.05, 0.1) is 0 Å². The Morgan fingerprint density at radius 2 is 0.762 bits per heavy atom. The zero-order valence-electron chi connectivity index (χ0n) is 14.8. The van der Waals surface area contributed by atoms with Gasteiger partial charge < -0.3 is 0 Å². The Kier molecular flexibility index (Phi) is 4.02. The van der Waals surface area contributed by atoms with Crippen molar-refractivity contribution >= 4 is 0 Å². The molecular weight excluding hydrogens is 252 g/mol. The molecule has 0 aliphatic carbocycles. The SMILES string of the molecule is Cc1cc(C(C)(C)c2cc(C)c(C)c(C)c2)cc(C)c1C. The van der Waals surface area contributed by atoms with E-state index in [0.717, 1.165) is 0 Å². The van der Waals surface area contributed by atoms with Gasteiger partial charge in [0, 0.05) is 5.41 Å². The van der Waals surface area contributed by atoms with Crippen molar-refractivity contribution in [3.8, 4) is 0 Å². The molecular formula is C21H28. The third-order valence-corrected chi connectivity index (χ3v) is 5.30. The van der Waals surface area contributed by atoms with Crippen molar-refractivity contribution in [2.24, 2.45) is 0 Å². The smallest absolute Gasteiger partial charge is 0.0146 e. The summed E-state index contributed by atoms with van der Waals surface area (Å²) in [5.74, 6) is 0. The highest BCUT2D eigenvalue weighted by Crippen LogP contribution is 2.35. The molecule has 0 aliphatic rings. The van der Waals surface area contributed by atoms with E-state index in [0.29, 0.717) is 0 Å². The number of rotatable bonds is 2. The van der Waals surface area contributed by atoms with Crippen molar-refractivity contribution in [2.75, 3.05) is 0 Å². The van der Waals surface area contributed by atoms with Crippen LogP contribution in [0, 0.1) is 41.5 Å². The molecule has 0 aliphatic heterocycles. The molecule has 0 bridgehead atoms. The fourth-order valence-electron chi connectivity index (χ4n) is 2.96. The molecule has 0 saturated heterocycles. The fourth-order valence-corrected chi connectivity index (χ4v) is 2.96. The lowest BCUT2D eigenvalue weighted by molar-refractivity contribution is 0.637. The molecule has 0 heterocycles. The van der Waals surface area contributed by atoms with Crippen LogP contribution in [0.1, 0.15) is 58.4 Å². The maximum Gasteiger partial charge on any atom is 0.0146 e. The van der Waals surface area contributed by atoms with E-state index in [1.807, 2.05) is 0 Å². The first-order valence-corrected chi connectivity index (χ1v) is 7.81. The molecule has 0 heteroatoms. The normalized spacial score (nSPS) is 11.8. The Labute approximate surface area is 130 Å². The van der Waals surface area contributed by atoms with Crippen molar-refractivity contribution in [1.29, 1.82) is 0 Å². The molecule has 0 unspecified atom stereocenters. The standard InChI is InChI=1S/C21H28/c1-13-9-19(10-14(2)17(13)5)21(7,8)20-11-15(3)18(6)16(4)12-20/h9-12H,1-8H3. The van der Waals surface area contributed by atoms with Gasteiger partial charge in [0.25, 0.3) is 0 Å². The second kappa shape index (κ2) is 5.33. The summed E-state index contributed by atoms with van der Waals surface area (Å²) < 4.78 is 0. The molecule has 21 heavy (non-hydrogen) atoms. The van der Waals surface area contributed by atoms with Crippen molar-refractivity contribution in [3.05, 3.63) is 68.8 Å². The van der Waals surface area contributed by atoms with Crippen molar-refractivity contribution < 1.29 is 0 Å². The summed E-state index contributed by atoms with van der Waals surface area (Å²) in [7, 11) is 0. The average molecular weight is 280 g/mol. The summed E-state index contributed by atoms with van der Waals surface area (Å²) >= 11 is 0. The van der Waals surface area contributed by atoms with E-state index in [4.69, 9.17) is 0 Å². The Balaban J connectivity index is 2.61. The van der Waals surface area contributed by atoms with Crippen molar-refractivity contribution in [1.82, 2.24) is 0 Å². The van der Waals surface area contributed by atoms with Gasteiger partial charge in [0.1, 0.15) is 0 Å². The maximum absolute atomic E-state index is 2.35. The minimum atomic E-state index is 0.0342. The van der Waals surface area contributed by atoms with Crippen LogP contribution in [0.25, 0.3) is 0 Å². The molecule has 0 aromatic heterocycles. The molecule has 0 nitrogen and oxygen atoms in total. The average Bonchev–Trinajstić information content (AvgIpc) is 2.40. The monoisotopic (exact) mass is 280 g/mol. The largest absolute Gasteiger partial charge is 0.0549 e. The van der Waals surface area contributed by atoms with Crippen LogP contribution in [-0.2, 0) is 5.41 Å². The minimum Gasteiger partial charge on any atom is -0.0549 e. The molecule has 0 radical (unpaired) electrons. The van der Waals surface area contributed by atoms with Gasteiger partial charge in [0.15, 0.2) is 0 Å². The highest BCUT2D eigenvalue weighted by atomic mass is 14.3. The molecule has 0 spiro atoms. The van der Waals surface area contributed by atoms with E-state index in [-0.39, 0.29) is 5.41 Å². The second-order valence-electron chi connectivity index (χ2n) is 7.10. The summed E-state index contributed by atoms with van der Waals surface area (Å²) in [6.45, 7) is 18.0. The van der Waals surface area contributed by atoms with E-state index >= 15 is 0 Å². The summed E-state index contributed by atoms with van der Waals surface area (Å²) in [6.07, 6.45) is 0. The Bertz CT molecular complexity index is 582. The van der Waals surface area contributed by atoms with E-state index in [1.54, 1.807) is 0 Å². The number of aryl methyl sites for hydroxylation is 4. The third kappa shape index (κ3) is 2.77. The predicted molar refractivity (Wildman–Crippen MR) is 93.4 cm³/mol. The van der Waals surface area contributed by atoms with Gasteiger partial charge in [-0.15, -0.1) is 0 Å². The molecule has 0 N–H and O–H groups in total. The van der Waals surface area contributed by atoms with Gasteiger partial charge in [0.2, 0.25) is 0 Å². The molecule has 2 rings (SSSR count). The Morgan fingerprint density at radius 3 is 1.00 bits per heavy atom. The molecule has 2 aromatic rings. The predicted octanol–water partition coefficient (Wildman–Crippen LogP) is 5.86. The number of benzene rings is 2. The van der Waals surface area contributed by atoms with Crippen LogP contribution in [0.4, 0.5) is 0 Å². The van der Waals surface area contributed by atoms with Gasteiger partial charge in [-0.3, -0.25) is 0 Å². The second-order valence-corrected chi connectivity index (χ2v) is 7.10. The first kappa shape index (κ1) is 15.8. The molecule has 0 amide bonds. The van der Waals surface area contributed by atoms with Gasteiger partial charge >= 0.3 is 0 Å². The highest BCUT2D eigenvalue weighted by Gasteiger charge is 2.25. The van der Waals surface area contributed by atoms with Crippen LogP contribution >= 0.6 is 0 Å².